The molecule has 0 saturated heterocycles. The number of carbonyl (C=O) groups is 2. The van der Waals surface area contributed by atoms with Crippen LogP contribution in [-0.4, -0.2) is 25.0 Å². The van der Waals surface area contributed by atoms with E-state index in [9.17, 15) is 9.59 Å². The molecule has 1 aromatic heterocycles. The SMILES string of the molecule is CC(C)CCOc1cccc(NC(=O)CNc2cccc(NC(=O)c3ccco3)c2)c1. The monoisotopic (exact) mass is 421 g/mol. The van der Waals surface area contributed by atoms with Gasteiger partial charge in [0, 0.05) is 23.1 Å². The molecule has 0 atom stereocenters. The molecule has 162 valence electrons. The van der Waals surface area contributed by atoms with Crippen LogP contribution in [0, 0.1) is 5.92 Å². The van der Waals surface area contributed by atoms with Crippen LogP contribution < -0.4 is 20.7 Å². The first-order valence-corrected chi connectivity index (χ1v) is 10.2. The number of hydrogen-bond acceptors (Lipinski definition) is 5. The van der Waals surface area contributed by atoms with Gasteiger partial charge in [-0.25, -0.2) is 0 Å². The van der Waals surface area contributed by atoms with E-state index in [4.69, 9.17) is 9.15 Å². The van der Waals surface area contributed by atoms with Crippen LogP contribution >= 0.6 is 0 Å². The molecule has 3 N–H and O–H groups in total. The minimum Gasteiger partial charge on any atom is -0.494 e. The highest BCUT2D eigenvalue weighted by molar-refractivity contribution is 6.02. The van der Waals surface area contributed by atoms with Crippen molar-refractivity contribution in [2.24, 2.45) is 5.92 Å². The van der Waals surface area contributed by atoms with Gasteiger partial charge in [0.15, 0.2) is 5.76 Å². The summed E-state index contributed by atoms with van der Waals surface area (Å²) in [5.74, 6) is 1.00. The van der Waals surface area contributed by atoms with Gasteiger partial charge in [0.1, 0.15) is 5.75 Å². The number of carbonyl (C=O) groups excluding carboxylic acids is 2. The Hall–Kier alpha value is -3.74. The van der Waals surface area contributed by atoms with Crippen molar-refractivity contribution in [2.75, 3.05) is 29.1 Å². The molecule has 31 heavy (non-hydrogen) atoms. The number of nitrogens with one attached hydrogen (secondary N) is 3. The summed E-state index contributed by atoms with van der Waals surface area (Å²) in [6.45, 7) is 5.02. The van der Waals surface area contributed by atoms with Crippen LogP contribution in [0.3, 0.4) is 0 Å². The lowest BCUT2D eigenvalue weighted by atomic mass is 10.1. The quantitative estimate of drug-likeness (QED) is 0.428. The fourth-order valence-corrected chi connectivity index (χ4v) is 2.77. The summed E-state index contributed by atoms with van der Waals surface area (Å²) < 4.78 is 10.8. The molecule has 0 unspecified atom stereocenters. The normalized spacial score (nSPS) is 10.5. The molecule has 7 nitrogen and oxygen atoms in total. The maximum Gasteiger partial charge on any atom is 0.291 e. The van der Waals surface area contributed by atoms with E-state index in [-0.39, 0.29) is 24.1 Å². The Kier molecular flexibility index (Phi) is 7.70. The van der Waals surface area contributed by atoms with Gasteiger partial charge in [-0.1, -0.05) is 26.0 Å². The van der Waals surface area contributed by atoms with E-state index in [1.807, 2.05) is 30.3 Å². The fourth-order valence-electron chi connectivity index (χ4n) is 2.77. The van der Waals surface area contributed by atoms with E-state index in [2.05, 4.69) is 29.8 Å². The topological polar surface area (TPSA) is 92.6 Å². The number of hydrogen-bond donors (Lipinski definition) is 3. The number of furan rings is 1. The van der Waals surface area contributed by atoms with Crippen LogP contribution in [0.2, 0.25) is 0 Å². The van der Waals surface area contributed by atoms with Crippen LogP contribution in [0.15, 0.2) is 71.3 Å². The van der Waals surface area contributed by atoms with Crippen molar-refractivity contribution in [1.29, 1.82) is 0 Å². The molecule has 2 amide bonds. The zero-order valence-electron chi connectivity index (χ0n) is 17.7. The summed E-state index contributed by atoms with van der Waals surface area (Å²) in [6.07, 6.45) is 2.42. The average molecular weight is 421 g/mol. The number of amides is 2. The molecule has 0 aliphatic rings. The highest BCUT2D eigenvalue weighted by atomic mass is 16.5. The van der Waals surface area contributed by atoms with E-state index in [0.717, 1.165) is 12.2 Å². The largest absolute Gasteiger partial charge is 0.494 e. The Morgan fingerprint density at radius 3 is 2.42 bits per heavy atom. The number of anilines is 3. The standard InChI is InChI=1S/C24H27N3O4/c1-17(2)11-13-30-21-9-4-8-20(15-21)26-23(28)16-25-18-6-3-7-19(14-18)27-24(29)22-10-5-12-31-22/h3-10,12,14-15,17,25H,11,13,16H2,1-2H3,(H,26,28)(H,27,29). The second-order valence-electron chi connectivity index (χ2n) is 7.47. The highest BCUT2D eigenvalue weighted by Crippen LogP contribution is 2.19. The lowest BCUT2D eigenvalue weighted by Gasteiger charge is -2.11. The molecule has 3 rings (SSSR count). The van der Waals surface area contributed by atoms with Crippen LogP contribution in [0.25, 0.3) is 0 Å². The van der Waals surface area contributed by atoms with Crippen LogP contribution in [-0.2, 0) is 4.79 Å². The molecule has 3 aromatic rings. The van der Waals surface area contributed by atoms with Crippen molar-refractivity contribution < 1.29 is 18.7 Å². The summed E-state index contributed by atoms with van der Waals surface area (Å²) in [7, 11) is 0. The first-order valence-electron chi connectivity index (χ1n) is 10.2. The summed E-state index contributed by atoms with van der Waals surface area (Å²) >= 11 is 0. The third-order valence-electron chi connectivity index (χ3n) is 4.40. The van der Waals surface area contributed by atoms with Gasteiger partial charge in [-0.05, 0) is 54.8 Å². The molecule has 7 heteroatoms. The minimum absolute atomic E-state index is 0.0774. The molecular weight excluding hydrogens is 394 g/mol. The summed E-state index contributed by atoms with van der Waals surface area (Å²) in [4.78, 5) is 24.4. The van der Waals surface area contributed by atoms with Crippen molar-refractivity contribution in [3.8, 4) is 5.75 Å². The van der Waals surface area contributed by atoms with Crippen LogP contribution in [0.4, 0.5) is 17.1 Å². The second kappa shape index (κ2) is 10.9. The molecule has 0 radical (unpaired) electrons. The fraction of sp³-hybridized carbons (Fsp3) is 0.250. The predicted octanol–water partition coefficient (Wildman–Crippen LogP) is 5.01. The van der Waals surface area contributed by atoms with Gasteiger partial charge < -0.3 is 25.1 Å². The Morgan fingerprint density at radius 2 is 1.68 bits per heavy atom. The Balaban J connectivity index is 1.49. The molecule has 0 aliphatic heterocycles. The van der Waals surface area contributed by atoms with Gasteiger partial charge in [-0.15, -0.1) is 0 Å². The maximum atomic E-state index is 12.3. The van der Waals surface area contributed by atoms with Gasteiger partial charge in [0.2, 0.25) is 5.91 Å². The first-order chi connectivity index (χ1) is 15.0. The number of rotatable bonds is 10. The molecule has 1 heterocycles. The third kappa shape index (κ3) is 7.22. The lowest BCUT2D eigenvalue weighted by molar-refractivity contribution is -0.114. The van der Waals surface area contributed by atoms with Gasteiger partial charge in [-0.2, -0.15) is 0 Å². The zero-order chi connectivity index (χ0) is 22.1. The zero-order valence-corrected chi connectivity index (χ0v) is 17.7. The number of benzene rings is 2. The van der Waals surface area contributed by atoms with E-state index in [1.54, 1.807) is 30.3 Å². The van der Waals surface area contributed by atoms with Crippen molar-refractivity contribution in [1.82, 2.24) is 0 Å². The highest BCUT2D eigenvalue weighted by Gasteiger charge is 2.09. The lowest BCUT2D eigenvalue weighted by Crippen LogP contribution is -2.21. The molecule has 0 fully saturated rings. The molecule has 0 spiro atoms. The van der Waals surface area contributed by atoms with E-state index in [1.165, 1.54) is 6.26 Å². The number of ether oxygens (including phenoxy) is 1. The smallest absolute Gasteiger partial charge is 0.291 e. The Labute approximate surface area is 181 Å². The maximum absolute atomic E-state index is 12.3. The molecule has 2 aromatic carbocycles. The Bertz CT molecular complexity index is 1000. The molecule has 0 aliphatic carbocycles. The Morgan fingerprint density at radius 1 is 0.935 bits per heavy atom. The third-order valence-corrected chi connectivity index (χ3v) is 4.40. The van der Waals surface area contributed by atoms with E-state index >= 15 is 0 Å². The van der Waals surface area contributed by atoms with Crippen molar-refractivity contribution >= 4 is 28.9 Å². The summed E-state index contributed by atoms with van der Waals surface area (Å²) in [6, 6.07) is 17.7. The van der Waals surface area contributed by atoms with Crippen molar-refractivity contribution in [3.63, 3.8) is 0 Å². The van der Waals surface area contributed by atoms with Crippen molar-refractivity contribution in [2.45, 2.75) is 20.3 Å². The summed E-state index contributed by atoms with van der Waals surface area (Å²) in [5.41, 5.74) is 1.98. The minimum atomic E-state index is -0.338. The first kappa shape index (κ1) is 22.0. The van der Waals surface area contributed by atoms with Crippen molar-refractivity contribution in [3.05, 3.63) is 72.7 Å². The van der Waals surface area contributed by atoms with Gasteiger partial charge in [-0.3, -0.25) is 9.59 Å². The molecular formula is C24H27N3O4. The molecule has 0 bridgehead atoms. The van der Waals surface area contributed by atoms with Gasteiger partial charge >= 0.3 is 0 Å². The molecule has 0 saturated carbocycles. The predicted molar refractivity (Wildman–Crippen MR) is 122 cm³/mol. The van der Waals surface area contributed by atoms with Crippen LogP contribution in [0.1, 0.15) is 30.8 Å². The van der Waals surface area contributed by atoms with E-state index < -0.39 is 0 Å². The van der Waals surface area contributed by atoms with Gasteiger partial charge in [0.05, 0.1) is 19.4 Å². The summed E-state index contributed by atoms with van der Waals surface area (Å²) in [5, 5.41) is 8.66. The van der Waals surface area contributed by atoms with E-state index in [0.29, 0.717) is 29.6 Å². The average Bonchev–Trinajstić information content (AvgIpc) is 3.28. The second-order valence-corrected chi connectivity index (χ2v) is 7.47. The van der Waals surface area contributed by atoms with Crippen LogP contribution in [0.5, 0.6) is 5.75 Å². The van der Waals surface area contributed by atoms with Gasteiger partial charge in [0.25, 0.3) is 5.91 Å².